The van der Waals surface area contributed by atoms with E-state index in [4.69, 9.17) is 27.9 Å². The SMILES string of the molecule is CCN(CC)S(=O)(=O)c1cc(NC(=O)c2ccc(Cl)cc2OC)ccc1Cl. The van der Waals surface area contributed by atoms with Crippen LogP contribution in [0.5, 0.6) is 5.75 Å². The molecule has 0 aliphatic carbocycles. The zero-order valence-electron chi connectivity index (χ0n) is 15.1. The van der Waals surface area contributed by atoms with Gasteiger partial charge in [0.05, 0.1) is 17.7 Å². The summed E-state index contributed by atoms with van der Waals surface area (Å²) in [6.45, 7) is 4.11. The van der Waals surface area contributed by atoms with Crippen molar-refractivity contribution in [3.63, 3.8) is 0 Å². The van der Waals surface area contributed by atoms with E-state index in [0.29, 0.717) is 29.5 Å². The summed E-state index contributed by atoms with van der Waals surface area (Å²) in [6.07, 6.45) is 0. The minimum absolute atomic E-state index is 0.0614. The third-order valence-electron chi connectivity index (χ3n) is 3.92. The third kappa shape index (κ3) is 4.73. The molecule has 0 saturated heterocycles. The average Bonchev–Trinajstić information content (AvgIpc) is 2.63. The van der Waals surface area contributed by atoms with Crippen LogP contribution in [0.4, 0.5) is 5.69 Å². The lowest BCUT2D eigenvalue weighted by atomic mass is 10.2. The number of ether oxygens (including phenoxy) is 1. The highest BCUT2D eigenvalue weighted by Crippen LogP contribution is 2.29. The number of amides is 1. The number of nitrogens with zero attached hydrogens (tertiary/aromatic N) is 1. The van der Waals surface area contributed by atoms with Crippen LogP contribution in [0.3, 0.4) is 0 Å². The molecular weight excluding hydrogens is 411 g/mol. The van der Waals surface area contributed by atoms with Crippen LogP contribution < -0.4 is 10.1 Å². The molecule has 2 aromatic carbocycles. The van der Waals surface area contributed by atoms with Gasteiger partial charge in [0.25, 0.3) is 5.91 Å². The summed E-state index contributed by atoms with van der Waals surface area (Å²) >= 11 is 12.0. The maximum Gasteiger partial charge on any atom is 0.259 e. The molecule has 1 N–H and O–H groups in total. The quantitative estimate of drug-likeness (QED) is 0.710. The predicted molar refractivity (Wildman–Crippen MR) is 108 cm³/mol. The van der Waals surface area contributed by atoms with Gasteiger partial charge in [0.2, 0.25) is 10.0 Å². The monoisotopic (exact) mass is 430 g/mol. The van der Waals surface area contributed by atoms with E-state index in [1.54, 1.807) is 19.9 Å². The second kappa shape index (κ2) is 8.93. The third-order valence-corrected chi connectivity index (χ3v) is 6.69. The zero-order valence-corrected chi connectivity index (χ0v) is 17.5. The van der Waals surface area contributed by atoms with Crippen molar-refractivity contribution in [1.82, 2.24) is 4.31 Å². The molecule has 2 rings (SSSR count). The molecule has 0 aliphatic heterocycles. The fourth-order valence-corrected chi connectivity index (χ4v) is 4.65. The van der Waals surface area contributed by atoms with Crippen LogP contribution in [0.1, 0.15) is 24.2 Å². The van der Waals surface area contributed by atoms with Crippen molar-refractivity contribution in [3.8, 4) is 5.75 Å². The van der Waals surface area contributed by atoms with Crippen molar-refractivity contribution < 1.29 is 17.9 Å². The number of rotatable bonds is 7. The number of halogens is 2. The highest BCUT2D eigenvalue weighted by atomic mass is 35.5. The fourth-order valence-electron chi connectivity index (χ4n) is 2.53. The van der Waals surface area contributed by atoms with E-state index in [2.05, 4.69) is 5.32 Å². The maximum atomic E-state index is 12.8. The van der Waals surface area contributed by atoms with Gasteiger partial charge in [-0.15, -0.1) is 0 Å². The molecule has 0 heterocycles. The van der Waals surface area contributed by atoms with Crippen molar-refractivity contribution >= 4 is 44.8 Å². The Hall–Kier alpha value is -1.80. The number of carbonyl (C=O) groups is 1. The van der Waals surface area contributed by atoms with Gasteiger partial charge in [-0.05, 0) is 36.4 Å². The molecule has 0 atom stereocenters. The highest BCUT2D eigenvalue weighted by Gasteiger charge is 2.25. The lowest BCUT2D eigenvalue weighted by Gasteiger charge is -2.20. The molecule has 146 valence electrons. The van der Waals surface area contributed by atoms with Gasteiger partial charge in [0, 0.05) is 23.8 Å². The number of methoxy groups -OCH3 is 1. The van der Waals surface area contributed by atoms with E-state index in [1.165, 1.54) is 41.7 Å². The lowest BCUT2D eigenvalue weighted by Crippen LogP contribution is -2.30. The maximum absolute atomic E-state index is 12.8. The molecule has 0 spiro atoms. The van der Waals surface area contributed by atoms with E-state index in [9.17, 15) is 13.2 Å². The fraction of sp³-hybridized carbons (Fsp3) is 0.278. The second-order valence-corrected chi connectivity index (χ2v) is 8.28. The summed E-state index contributed by atoms with van der Waals surface area (Å²) in [7, 11) is -2.34. The topological polar surface area (TPSA) is 75.7 Å². The summed E-state index contributed by atoms with van der Waals surface area (Å²) in [5, 5.41) is 3.18. The molecule has 6 nitrogen and oxygen atoms in total. The van der Waals surface area contributed by atoms with Crippen LogP contribution in [-0.4, -0.2) is 38.8 Å². The Kier molecular flexibility index (Phi) is 7.11. The van der Waals surface area contributed by atoms with Crippen molar-refractivity contribution in [2.75, 3.05) is 25.5 Å². The Morgan fingerprint density at radius 3 is 2.37 bits per heavy atom. The van der Waals surface area contributed by atoms with Crippen LogP contribution in [0.2, 0.25) is 10.0 Å². The summed E-state index contributed by atoms with van der Waals surface area (Å²) in [5.41, 5.74) is 0.567. The smallest absolute Gasteiger partial charge is 0.259 e. The van der Waals surface area contributed by atoms with E-state index < -0.39 is 15.9 Å². The van der Waals surface area contributed by atoms with Gasteiger partial charge < -0.3 is 10.1 Å². The Labute approximate surface area is 169 Å². The largest absolute Gasteiger partial charge is 0.496 e. The second-order valence-electron chi connectivity index (χ2n) is 5.53. The molecule has 1 amide bonds. The van der Waals surface area contributed by atoms with E-state index in [1.807, 2.05) is 0 Å². The first-order valence-corrected chi connectivity index (χ1v) is 10.4. The van der Waals surface area contributed by atoms with Crippen molar-refractivity contribution in [1.29, 1.82) is 0 Å². The molecule has 0 aliphatic rings. The minimum atomic E-state index is -3.77. The van der Waals surface area contributed by atoms with Crippen LogP contribution >= 0.6 is 23.2 Å². The number of sulfonamides is 1. The molecule has 0 bridgehead atoms. The van der Waals surface area contributed by atoms with E-state index in [0.717, 1.165) is 0 Å². The minimum Gasteiger partial charge on any atom is -0.496 e. The van der Waals surface area contributed by atoms with Crippen LogP contribution in [0.25, 0.3) is 0 Å². The predicted octanol–water partition coefficient (Wildman–Crippen LogP) is 4.28. The molecule has 9 heteroatoms. The van der Waals surface area contributed by atoms with E-state index >= 15 is 0 Å². The van der Waals surface area contributed by atoms with Crippen LogP contribution in [-0.2, 0) is 10.0 Å². The molecular formula is C18H20Cl2N2O4S. The number of benzene rings is 2. The molecule has 2 aromatic rings. The summed E-state index contributed by atoms with van der Waals surface area (Å²) < 4.78 is 32.0. The summed E-state index contributed by atoms with van der Waals surface area (Å²) in [6, 6.07) is 8.93. The number of anilines is 1. The molecule has 0 saturated carbocycles. The normalized spacial score (nSPS) is 11.5. The first-order valence-electron chi connectivity index (χ1n) is 8.19. The Morgan fingerprint density at radius 2 is 1.78 bits per heavy atom. The first kappa shape index (κ1) is 21.5. The van der Waals surface area contributed by atoms with Gasteiger partial charge in [0.15, 0.2) is 0 Å². The number of nitrogens with one attached hydrogen (secondary N) is 1. The first-order chi connectivity index (χ1) is 12.7. The molecule has 0 unspecified atom stereocenters. The van der Waals surface area contributed by atoms with Crippen molar-refractivity contribution in [3.05, 3.63) is 52.0 Å². The van der Waals surface area contributed by atoms with Crippen LogP contribution in [0.15, 0.2) is 41.3 Å². The van der Waals surface area contributed by atoms with Gasteiger partial charge in [-0.3, -0.25) is 4.79 Å². The number of hydrogen-bond acceptors (Lipinski definition) is 4. The molecule has 27 heavy (non-hydrogen) atoms. The van der Waals surface area contributed by atoms with Gasteiger partial charge in [-0.1, -0.05) is 37.0 Å². The Morgan fingerprint density at radius 1 is 1.11 bits per heavy atom. The average molecular weight is 431 g/mol. The standard InChI is InChI=1S/C18H20Cl2N2O4S/c1-4-22(5-2)27(24,25)17-11-13(7-9-15(17)20)21-18(23)14-8-6-12(19)10-16(14)26-3/h6-11H,4-5H2,1-3H3,(H,21,23). The highest BCUT2D eigenvalue weighted by molar-refractivity contribution is 7.89. The molecule has 0 aromatic heterocycles. The van der Waals surface area contributed by atoms with Gasteiger partial charge in [-0.2, -0.15) is 4.31 Å². The lowest BCUT2D eigenvalue weighted by molar-refractivity contribution is 0.102. The van der Waals surface area contributed by atoms with Crippen molar-refractivity contribution in [2.24, 2.45) is 0 Å². The number of carbonyl (C=O) groups excluding carboxylic acids is 1. The summed E-state index contributed by atoms with van der Waals surface area (Å²) in [5.74, 6) is -0.151. The van der Waals surface area contributed by atoms with Gasteiger partial charge >= 0.3 is 0 Å². The molecule has 0 fully saturated rings. The number of hydrogen-bond donors (Lipinski definition) is 1. The Bertz CT molecular complexity index is 944. The zero-order chi connectivity index (χ0) is 20.2. The van der Waals surface area contributed by atoms with Gasteiger partial charge in [0.1, 0.15) is 10.6 Å². The van der Waals surface area contributed by atoms with Gasteiger partial charge in [-0.25, -0.2) is 8.42 Å². The van der Waals surface area contributed by atoms with Crippen LogP contribution in [0, 0.1) is 0 Å². The molecule has 0 radical (unpaired) electrons. The summed E-state index contributed by atoms with van der Waals surface area (Å²) in [4.78, 5) is 12.5. The van der Waals surface area contributed by atoms with Crippen molar-refractivity contribution in [2.45, 2.75) is 18.7 Å². The van der Waals surface area contributed by atoms with E-state index in [-0.39, 0.29) is 15.5 Å². The Balaban J connectivity index is 2.38.